The summed E-state index contributed by atoms with van der Waals surface area (Å²) in [6.45, 7) is 5.09. The van der Waals surface area contributed by atoms with Gasteiger partial charge < -0.3 is 10.1 Å². The van der Waals surface area contributed by atoms with Crippen molar-refractivity contribution in [2.24, 2.45) is 11.8 Å². The number of nitro groups is 1. The molecule has 0 amide bonds. The molecule has 0 unspecified atom stereocenters. The average molecular weight is 277 g/mol. The van der Waals surface area contributed by atoms with Crippen LogP contribution in [0.15, 0.2) is 18.2 Å². The van der Waals surface area contributed by atoms with Crippen molar-refractivity contribution in [3.05, 3.63) is 33.9 Å². The predicted octanol–water partition coefficient (Wildman–Crippen LogP) is 1.25. The Hall–Kier alpha value is -1.66. The molecular weight excluding hydrogens is 258 g/mol. The molecule has 2 aliphatic heterocycles. The zero-order valence-electron chi connectivity index (χ0n) is 11.5. The fraction of sp³-hybridized carbons (Fsp3) is 0.571. The summed E-state index contributed by atoms with van der Waals surface area (Å²) >= 11 is 0. The molecule has 2 aliphatic rings. The molecule has 1 aromatic carbocycles. The summed E-state index contributed by atoms with van der Waals surface area (Å²) in [5.74, 6) is 2.02. The van der Waals surface area contributed by atoms with Crippen LogP contribution in [0.2, 0.25) is 0 Å². The first kappa shape index (κ1) is 13.3. The Kier molecular flexibility index (Phi) is 3.58. The lowest BCUT2D eigenvalue weighted by Gasteiger charge is -2.17. The summed E-state index contributed by atoms with van der Waals surface area (Å²) in [7, 11) is 1.54. The van der Waals surface area contributed by atoms with E-state index in [4.69, 9.17) is 4.74 Å². The Morgan fingerprint density at radius 2 is 2.05 bits per heavy atom. The zero-order valence-corrected chi connectivity index (χ0v) is 11.5. The Bertz CT molecular complexity index is 508. The number of methoxy groups -OCH3 is 1. The van der Waals surface area contributed by atoms with Crippen molar-refractivity contribution in [2.45, 2.75) is 6.54 Å². The van der Waals surface area contributed by atoms with Gasteiger partial charge in [0.2, 0.25) is 0 Å². The van der Waals surface area contributed by atoms with Crippen LogP contribution in [0.4, 0.5) is 5.69 Å². The van der Waals surface area contributed by atoms with Gasteiger partial charge in [0.25, 0.3) is 5.69 Å². The largest absolute Gasteiger partial charge is 0.496 e. The molecule has 6 nitrogen and oxygen atoms in total. The lowest BCUT2D eigenvalue weighted by molar-refractivity contribution is -0.385. The number of hydrogen-bond acceptors (Lipinski definition) is 5. The van der Waals surface area contributed by atoms with Gasteiger partial charge in [-0.2, -0.15) is 0 Å². The second-order valence-corrected chi connectivity index (χ2v) is 5.67. The van der Waals surface area contributed by atoms with Crippen LogP contribution in [0.25, 0.3) is 0 Å². The van der Waals surface area contributed by atoms with E-state index in [1.54, 1.807) is 6.07 Å². The Labute approximate surface area is 117 Å². The minimum atomic E-state index is -0.366. The quantitative estimate of drug-likeness (QED) is 0.663. The first-order valence-corrected chi connectivity index (χ1v) is 6.91. The summed E-state index contributed by atoms with van der Waals surface area (Å²) in [4.78, 5) is 13.0. The molecule has 2 atom stereocenters. The standard InChI is InChI=1S/C14H19N3O3/c1-20-14-3-10(2-13(4-14)17(18)19)7-16-8-11-5-15-6-12(11)9-16/h2-4,11-12,15H,5-9H2,1H3/t11-,12+. The predicted molar refractivity (Wildman–Crippen MR) is 74.8 cm³/mol. The number of likely N-dealkylation sites (tertiary alicyclic amines) is 1. The van der Waals surface area contributed by atoms with Crippen molar-refractivity contribution in [1.29, 1.82) is 0 Å². The number of ether oxygens (including phenoxy) is 1. The van der Waals surface area contributed by atoms with Crippen molar-refractivity contribution in [3.63, 3.8) is 0 Å². The third-order valence-electron chi connectivity index (χ3n) is 4.27. The lowest BCUT2D eigenvalue weighted by Crippen LogP contribution is -2.25. The summed E-state index contributed by atoms with van der Waals surface area (Å²) in [6.07, 6.45) is 0. The molecule has 108 valence electrons. The smallest absolute Gasteiger partial charge is 0.273 e. The number of nitrogens with zero attached hydrogens (tertiary/aromatic N) is 2. The topological polar surface area (TPSA) is 67.6 Å². The van der Waals surface area contributed by atoms with E-state index in [1.807, 2.05) is 6.07 Å². The maximum absolute atomic E-state index is 10.9. The third-order valence-corrected chi connectivity index (χ3v) is 4.27. The Morgan fingerprint density at radius 1 is 1.35 bits per heavy atom. The first-order chi connectivity index (χ1) is 9.65. The lowest BCUT2D eigenvalue weighted by atomic mass is 10.0. The summed E-state index contributed by atoms with van der Waals surface area (Å²) in [5.41, 5.74) is 1.05. The van der Waals surface area contributed by atoms with Crippen LogP contribution in [-0.4, -0.2) is 43.1 Å². The van der Waals surface area contributed by atoms with Gasteiger partial charge in [-0.15, -0.1) is 0 Å². The first-order valence-electron chi connectivity index (χ1n) is 6.91. The monoisotopic (exact) mass is 277 g/mol. The van der Waals surface area contributed by atoms with E-state index in [1.165, 1.54) is 13.2 Å². The van der Waals surface area contributed by atoms with E-state index >= 15 is 0 Å². The van der Waals surface area contributed by atoms with Crippen molar-refractivity contribution in [2.75, 3.05) is 33.3 Å². The number of hydrogen-bond donors (Lipinski definition) is 1. The SMILES string of the molecule is COc1cc(CN2C[C@H]3CNC[C@H]3C2)cc([N+](=O)[O-])c1. The fourth-order valence-electron chi connectivity index (χ4n) is 3.30. The van der Waals surface area contributed by atoms with Crippen molar-refractivity contribution >= 4 is 5.69 Å². The van der Waals surface area contributed by atoms with Crippen LogP contribution in [0, 0.1) is 22.0 Å². The van der Waals surface area contributed by atoms with E-state index in [9.17, 15) is 10.1 Å². The van der Waals surface area contributed by atoms with Crippen molar-refractivity contribution in [1.82, 2.24) is 10.2 Å². The van der Waals surface area contributed by atoms with Crippen LogP contribution in [0.1, 0.15) is 5.56 Å². The highest BCUT2D eigenvalue weighted by Crippen LogP contribution is 2.29. The van der Waals surface area contributed by atoms with E-state index < -0.39 is 0 Å². The summed E-state index contributed by atoms with van der Waals surface area (Å²) in [5, 5.41) is 14.4. The van der Waals surface area contributed by atoms with Crippen molar-refractivity contribution < 1.29 is 9.66 Å². The number of benzene rings is 1. The van der Waals surface area contributed by atoms with Gasteiger partial charge in [-0.05, 0) is 36.6 Å². The molecule has 6 heteroatoms. The van der Waals surface area contributed by atoms with Gasteiger partial charge in [0.15, 0.2) is 0 Å². The van der Waals surface area contributed by atoms with Crippen LogP contribution in [-0.2, 0) is 6.54 Å². The Morgan fingerprint density at radius 3 is 2.65 bits per heavy atom. The van der Waals surface area contributed by atoms with Gasteiger partial charge in [0.1, 0.15) is 5.75 Å². The molecule has 2 heterocycles. The van der Waals surface area contributed by atoms with E-state index in [2.05, 4.69) is 10.2 Å². The minimum absolute atomic E-state index is 0.0976. The zero-order chi connectivity index (χ0) is 14.1. The maximum atomic E-state index is 10.9. The highest BCUT2D eigenvalue weighted by molar-refractivity contribution is 5.42. The molecule has 3 rings (SSSR count). The van der Waals surface area contributed by atoms with Gasteiger partial charge >= 0.3 is 0 Å². The number of fused-ring (bicyclic) bond motifs is 1. The van der Waals surface area contributed by atoms with Crippen LogP contribution in [0.5, 0.6) is 5.75 Å². The summed E-state index contributed by atoms with van der Waals surface area (Å²) < 4.78 is 5.15. The normalized spacial score (nSPS) is 25.6. The molecule has 2 saturated heterocycles. The molecule has 0 bridgehead atoms. The molecule has 0 saturated carbocycles. The number of nitro benzene ring substituents is 1. The maximum Gasteiger partial charge on any atom is 0.273 e. The van der Waals surface area contributed by atoms with Crippen molar-refractivity contribution in [3.8, 4) is 5.75 Å². The summed E-state index contributed by atoms with van der Waals surface area (Å²) in [6, 6.07) is 5.00. The molecular formula is C14H19N3O3. The van der Waals surface area contributed by atoms with Crippen LogP contribution in [0.3, 0.4) is 0 Å². The highest BCUT2D eigenvalue weighted by Gasteiger charge is 2.35. The molecule has 0 aliphatic carbocycles. The molecule has 0 radical (unpaired) electrons. The number of non-ortho nitro benzene ring substituents is 1. The van der Waals surface area contributed by atoms with Crippen LogP contribution >= 0.6 is 0 Å². The van der Waals surface area contributed by atoms with Gasteiger partial charge in [0, 0.05) is 25.7 Å². The van der Waals surface area contributed by atoms with E-state index in [0.717, 1.165) is 50.1 Å². The second kappa shape index (κ2) is 5.38. The molecule has 2 fully saturated rings. The fourth-order valence-corrected chi connectivity index (χ4v) is 3.30. The van der Waals surface area contributed by atoms with E-state index in [0.29, 0.717) is 5.75 Å². The average Bonchev–Trinajstić information content (AvgIpc) is 2.99. The third kappa shape index (κ3) is 2.62. The van der Waals surface area contributed by atoms with E-state index in [-0.39, 0.29) is 10.6 Å². The second-order valence-electron chi connectivity index (χ2n) is 5.67. The van der Waals surface area contributed by atoms with Gasteiger partial charge in [-0.1, -0.05) is 0 Å². The molecule has 0 spiro atoms. The number of nitrogens with one attached hydrogen (secondary N) is 1. The minimum Gasteiger partial charge on any atom is -0.496 e. The van der Waals surface area contributed by atoms with Gasteiger partial charge in [-0.25, -0.2) is 0 Å². The van der Waals surface area contributed by atoms with Gasteiger partial charge in [0.05, 0.1) is 18.1 Å². The van der Waals surface area contributed by atoms with Gasteiger partial charge in [-0.3, -0.25) is 15.0 Å². The molecule has 0 aromatic heterocycles. The van der Waals surface area contributed by atoms with Crippen LogP contribution < -0.4 is 10.1 Å². The highest BCUT2D eigenvalue weighted by atomic mass is 16.6. The molecule has 20 heavy (non-hydrogen) atoms. The molecule has 1 aromatic rings. The number of rotatable bonds is 4. The molecule has 1 N–H and O–H groups in total. The Balaban J connectivity index is 1.73.